The zero-order valence-corrected chi connectivity index (χ0v) is 23.5. The summed E-state index contributed by atoms with van der Waals surface area (Å²) in [7, 11) is 2.08. The maximum absolute atomic E-state index is 14.0. The Labute approximate surface area is 243 Å². The summed E-state index contributed by atoms with van der Waals surface area (Å²) < 4.78 is 7.67. The van der Waals surface area contributed by atoms with Crippen molar-refractivity contribution in [1.82, 2.24) is 29.4 Å². The number of carbonyl (C=O) groups excluding carboxylic acids is 2. The van der Waals surface area contributed by atoms with Crippen LogP contribution in [0.25, 0.3) is 16.4 Å². The lowest BCUT2D eigenvalue weighted by Crippen LogP contribution is -2.55. The fourth-order valence-electron chi connectivity index (χ4n) is 5.93. The number of carbonyl (C=O) groups is 2. The first-order chi connectivity index (χ1) is 20.5. The number of likely N-dealkylation sites (tertiary alicyclic amines) is 1. The summed E-state index contributed by atoms with van der Waals surface area (Å²) in [6, 6.07) is 15.6. The molecule has 0 saturated carbocycles. The number of ketones is 1. The molecular formula is C31H32N8O3. The van der Waals surface area contributed by atoms with Crippen molar-refractivity contribution in [3.05, 3.63) is 72.6 Å². The van der Waals surface area contributed by atoms with Gasteiger partial charge < -0.3 is 19.4 Å². The number of fused-ring (bicyclic) bond motifs is 2. The minimum atomic E-state index is -0.354. The molecule has 0 radical (unpaired) electrons. The molecule has 0 bridgehead atoms. The summed E-state index contributed by atoms with van der Waals surface area (Å²) >= 11 is 0. The van der Waals surface area contributed by atoms with Gasteiger partial charge in [0, 0.05) is 31.2 Å². The number of amides is 1. The molecule has 1 amide bonds. The molecule has 2 aromatic heterocycles. The largest absolute Gasteiger partial charge is 0.461 e. The van der Waals surface area contributed by atoms with Crippen molar-refractivity contribution in [3.8, 4) is 12.1 Å². The number of aromatic nitrogens is 4. The molecule has 0 N–H and O–H groups in total. The SMILES string of the molecule is C=CC(=O)N1CCN(c2nc(OC[C@@H]3CCCN3C)nn3c(C(=O)c4cccc5ccccc45)cnc23)C[C@@H]1CC#N. The Bertz CT molecular complexity index is 1700. The molecule has 0 aliphatic carbocycles. The quantitative estimate of drug-likeness (QED) is 0.235. The number of likely N-dealkylation sites (N-methyl/N-ethyl adjacent to an activating group) is 1. The molecule has 2 aliphatic heterocycles. The van der Waals surface area contributed by atoms with Crippen LogP contribution in [-0.4, -0.2) is 93.0 Å². The summed E-state index contributed by atoms with van der Waals surface area (Å²) in [5, 5.41) is 15.9. The molecule has 2 saturated heterocycles. The minimum absolute atomic E-state index is 0.143. The van der Waals surface area contributed by atoms with Gasteiger partial charge in [-0.05, 0) is 43.3 Å². The van der Waals surface area contributed by atoms with Crippen molar-refractivity contribution in [2.75, 3.05) is 44.7 Å². The molecule has 0 unspecified atom stereocenters. The highest BCUT2D eigenvalue weighted by atomic mass is 16.5. The van der Waals surface area contributed by atoms with Gasteiger partial charge in [-0.1, -0.05) is 49.0 Å². The summed E-state index contributed by atoms with van der Waals surface area (Å²) in [5.74, 6) is 0.0655. The Morgan fingerprint density at radius 3 is 2.76 bits per heavy atom. The fraction of sp³-hybridized carbons (Fsp3) is 0.355. The van der Waals surface area contributed by atoms with Gasteiger partial charge in [0.15, 0.2) is 11.5 Å². The standard InChI is InChI=1S/C31H32N8O3/c1-3-27(40)38-17-16-37(19-22(38)13-14-32)30-29-33-18-26(28(41)25-12-6-9-21-8-4-5-11-24(21)25)39(29)35-31(34-30)42-20-23-10-7-15-36(23)2/h3-6,8-9,11-12,18,22-23H,1,7,10,13,15-17,19-20H2,2H3/t22-,23-/m0/s1. The van der Waals surface area contributed by atoms with Gasteiger partial charge in [-0.2, -0.15) is 10.2 Å². The number of imidazole rings is 1. The predicted octanol–water partition coefficient (Wildman–Crippen LogP) is 3.10. The van der Waals surface area contributed by atoms with E-state index in [0.29, 0.717) is 49.0 Å². The molecule has 11 nitrogen and oxygen atoms in total. The van der Waals surface area contributed by atoms with E-state index in [4.69, 9.17) is 9.72 Å². The van der Waals surface area contributed by atoms with E-state index < -0.39 is 0 Å². The molecule has 4 aromatic rings. The lowest BCUT2D eigenvalue weighted by atomic mass is 10.0. The number of rotatable bonds is 8. The number of nitrogens with zero attached hydrogens (tertiary/aromatic N) is 8. The van der Waals surface area contributed by atoms with E-state index in [1.807, 2.05) is 47.4 Å². The van der Waals surface area contributed by atoms with Crippen molar-refractivity contribution < 1.29 is 14.3 Å². The Morgan fingerprint density at radius 2 is 1.98 bits per heavy atom. The molecule has 11 heteroatoms. The van der Waals surface area contributed by atoms with E-state index in [9.17, 15) is 14.9 Å². The zero-order chi connectivity index (χ0) is 29.2. The zero-order valence-electron chi connectivity index (χ0n) is 23.5. The average Bonchev–Trinajstić information content (AvgIpc) is 3.64. The predicted molar refractivity (Wildman–Crippen MR) is 157 cm³/mol. The van der Waals surface area contributed by atoms with Gasteiger partial charge >= 0.3 is 6.01 Å². The van der Waals surface area contributed by atoms with Gasteiger partial charge in [0.2, 0.25) is 11.7 Å². The molecule has 4 heterocycles. The maximum atomic E-state index is 14.0. The topological polar surface area (TPSA) is 120 Å². The van der Waals surface area contributed by atoms with E-state index >= 15 is 0 Å². The highest BCUT2D eigenvalue weighted by Gasteiger charge is 2.32. The smallest absolute Gasteiger partial charge is 0.336 e. The maximum Gasteiger partial charge on any atom is 0.336 e. The molecule has 42 heavy (non-hydrogen) atoms. The molecule has 2 aromatic carbocycles. The second-order valence-electron chi connectivity index (χ2n) is 10.7. The molecule has 0 spiro atoms. The van der Waals surface area contributed by atoms with Gasteiger partial charge in [0.05, 0.1) is 24.7 Å². The third-order valence-electron chi connectivity index (χ3n) is 8.24. The second-order valence-corrected chi connectivity index (χ2v) is 10.7. The molecule has 6 rings (SSSR count). The number of benzene rings is 2. The van der Waals surface area contributed by atoms with E-state index in [1.54, 1.807) is 4.90 Å². The lowest BCUT2D eigenvalue weighted by Gasteiger charge is -2.40. The van der Waals surface area contributed by atoms with Crippen LogP contribution in [0.5, 0.6) is 6.01 Å². The fourth-order valence-corrected chi connectivity index (χ4v) is 5.93. The summed E-state index contributed by atoms with van der Waals surface area (Å²) in [4.78, 5) is 41.7. The van der Waals surface area contributed by atoms with E-state index in [-0.39, 0.29) is 36.2 Å². The van der Waals surface area contributed by atoms with Crippen molar-refractivity contribution >= 4 is 33.9 Å². The van der Waals surface area contributed by atoms with Crippen LogP contribution in [-0.2, 0) is 4.79 Å². The molecular weight excluding hydrogens is 532 g/mol. The van der Waals surface area contributed by atoms with E-state index in [1.165, 1.54) is 16.8 Å². The number of ether oxygens (including phenoxy) is 1. The lowest BCUT2D eigenvalue weighted by molar-refractivity contribution is -0.128. The highest BCUT2D eigenvalue weighted by Crippen LogP contribution is 2.28. The summed E-state index contributed by atoms with van der Waals surface area (Å²) in [5.41, 5.74) is 1.25. The Balaban J connectivity index is 1.41. The second kappa shape index (κ2) is 11.6. The van der Waals surface area contributed by atoms with Crippen LogP contribution < -0.4 is 9.64 Å². The van der Waals surface area contributed by atoms with Crippen molar-refractivity contribution in [2.45, 2.75) is 31.3 Å². The monoisotopic (exact) mass is 564 g/mol. The van der Waals surface area contributed by atoms with Gasteiger partial charge in [-0.3, -0.25) is 9.59 Å². The number of hydrogen-bond donors (Lipinski definition) is 0. The first-order valence-electron chi connectivity index (χ1n) is 14.1. The Hall–Kier alpha value is -4.82. The average molecular weight is 565 g/mol. The van der Waals surface area contributed by atoms with Crippen molar-refractivity contribution in [3.63, 3.8) is 0 Å². The Morgan fingerprint density at radius 1 is 1.14 bits per heavy atom. The first-order valence-corrected chi connectivity index (χ1v) is 14.1. The van der Waals surface area contributed by atoms with E-state index in [2.05, 4.69) is 34.7 Å². The van der Waals surface area contributed by atoms with Crippen molar-refractivity contribution in [2.24, 2.45) is 0 Å². The molecule has 2 fully saturated rings. The third kappa shape index (κ3) is 5.05. The number of hydrogen-bond acceptors (Lipinski definition) is 9. The first kappa shape index (κ1) is 27.4. The number of anilines is 1. The van der Waals surface area contributed by atoms with Crippen LogP contribution in [0.4, 0.5) is 5.82 Å². The summed E-state index contributed by atoms with van der Waals surface area (Å²) in [6.45, 7) is 6.25. The Kier molecular flexibility index (Phi) is 7.54. The minimum Gasteiger partial charge on any atom is -0.461 e. The highest BCUT2D eigenvalue weighted by molar-refractivity contribution is 6.15. The van der Waals surface area contributed by atoms with Crippen LogP contribution in [0, 0.1) is 11.3 Å². The van der Waals surface area contributed by atoms with Gasteiger partial charge in [0.1, 0.15) is 12.3 Å². The van der Waals surface area contributed by atoms with Crippen LogP contribution in [0.2, 0.25) is 0 Å². The normalized spacial score (nSPS) is 19.2. The van der Waals surface area contributed by atoms with Crippen LogP contribution in [0.1, 0.15) is 35.3 Å². The number of nitriles is 1. The van der Waals surface area contributed by atoms with Crippen molar-refractivity contribution in [1.29, 1.82) is 5.26 Å². The van der Waals surface area contributed by atoms with E-state index in [0.717, 1.165) is 30.2 Å². The summed E-state index contributed by atoms with van der Waals surface area (Å²) in [6.07, 6.45) is 5.09. The van der Waals surface area contributed by atoms with Crippen LogP contribution in [0.3, 0.4) is 0 Å². The molecule has 214 valence electrons. The van der Waals surface area contributed by atoms with Gasteiger partial charge in [-0.25, -0.2) is 9.50 Å². The van der Waals surface area contributed by atoms with Gasteiger partial charge in [0.25, 0.3) is 0 Å². The molecule has 2 atom stereocenters. The third-order valence-corrected chi connectivity index (χ3v) is 8.24. The molecule has 2 aliphatic rings. The van der Waals surface area contributed by atoms with Crippen LogP contribution >= 0.6 is 0 Å². The van der Waals surface area contributed by atoms with Gasteiger partial charge in [-0.15, -0.1) is 5.10 Å². The van der Waals surface area contributed by atoms with Crippen LogP contribution in [0.15, 0.2) is 61.3 Å². The number of piperazine rings is 1.